The maximum atomic E-state index is 6.09. The first-order valence-electron chi connectivity index (χ1n) is 23.9. The minimum absolute atomic E-state index is 0.190. The molecule has 0 bridgehead atoms. The number of anilines is 3. The number of nitrogens with zero attached hydrogens (tertiary/aromatic N) is 8. The number of benzene rings is 4. The number of aromatic nitrogens is 8. The van der Waals surface area contributed by atoms with Gasteiger partial charge in [-0.1, -0.05) is 121 Å². The molecule has 4 aromatic carbocycles. The zero-order valence-electron chi connectivity index (χ0n) is 39.1. The molecule has 0 aliphatic heterocycles. The molecule has 0 radical (unpaired) electrons. The zero-order chi connectivity index (χ0) is 48.0. The van der Waals surface area contributed by atoms with Crippen LogP contribution in [0.3, 0.4) is 0 Å². The van der Waals surface area contributed by atoms with Crippen LogP contribution >= 0.6 is 11.6 Å². The van der Waals surface area contributed by atoms with Gasteiger partial charge in [0.25, 0.3) is 0 Å². The van der Waals surface area contributed by atoms with Crippen LogP contribution in [0.25, 0.3) is 44.6 Å². The van der Waals surface area contributed by atoms with E-state index < -0.39 is 0 Å². The monoisotopic (exact) mass is 943 g/mol. The molecule has 0 atom stereocenters. The summed E-state index contributed by atoms with van der Waals surface area (Å²) in [4.78, 5) is 27.2. The zero-order valence-corrected chi connectivity index (χ0v) is 39.9. The molecular weight excluding hydrogens is 880 g/mol. The van der Waals surface area contributed by atoms with Gasteiger partial charge in [0.15, 0.2) is 34.0 Å². The van der Waals surface area contributed by atoms with Crippen LogP contribution in [0.15, 0.2) is 147 Å². The molecule has 0 unspecified atom stereocenters. The lowest BCUT2D eigenvalue weighted by Crippen LogP contribution is -2.33. The summed E-state index contributed by atoms with van der Waals surface area (Å²) in [6.07, 6.45) is 15.8. The Hall–Kier alpha value is -6.97. The highest BCUT2D eigenvalue weighted by Gasteiger charge is 2.21. The van der Waals surface area contributed by atoms with Crippen LogP contribution in [-0.4, -0.2) is 63.2 Å². The average molecular weight is 944 g/mol. The fourth-order valence-electron chi connectivity index (χ4n) is 8.57. The lowest BCUT2D eigenvalue weighted by atomic mass is 9.92. The van der Waals surface area contributed by atoms with E-state index in [-0.39, 0.29) is 5.28 Å². The molecule has 69 heavy (non-hydrogen) atoms. The van der Waals surface area contributed by atoms with Gasteiger partial charge in [-0.2, -0.15) is 19.9 Å². The third-order valence-electron chi connectivity index (χ3n) is 12.5. The summed E-state index contributed by atoms with van der Waals surface area (Å²) in [6, 6.07) is 39.3. The quantitative estimate of drug-likeness (QED) is 0.0446. The van der Waals surface area contributed by atoms with Crippen molar-refractivity contribution >= 4 is 51.5 Å². The van der Waals surface area contributed by atoms with Gasteiger partial charge in [-0.05, 0) is 96.3 Å². The van der Waals surface area contributed by atoms with Crippen LogP contribution in [-0.2, 0) is 26.2 Å². The van der Waals surface area contributed by atoms with Gasteiger partial charge in [0.2, 0.25) is 11.2 Å². The Labute approximate surface area is 409 Å². The molecule has 0 saturated heterocycles. The number of fused-ring (bicyclic) bond motifs is 2. The van der Waals surface area contributed by atoms with E-state index in [9.17, 15) is 0 Å². The van der Waals surface area contributed by atoms with Gasteiger partial charge in [0.1, 0.15) is 0 Å². The van der Waals surface area contributed by atoms with Gasteiger partial charge in [-0.15, -0.1) is 13.2 Å². The van der Waals surface area contributed by atoms with E-state index in [4.69, 9.17) is 38.8 Å². The van der Waals surface area contributed by atoms with Gasteiger partial charge in [0.05, 0.1) is 12.7 Å². The number of halogens is 1. The molecule has 14 nitrogen and oxygen atoms in total. The summed E-state index contributed by atoms with van der Waals surface area (Å²) in [5.74, 6) is 1.98. The van der Waals surface area contributed by atoms with E-state index in [1.807, 2.05) is 39.5 Å². The first-order valence-corrected chi connectivity index (χ1v) is 24.2. The molecular formula is C54H63ClN14. The lowest BCUT2D eigenvalue weighted by molar-refractivity contribution is 0.395. The molecule has 2 aliphatic rings. The van der Waals surface area contributed by atoms with Crippen LogP contribution in [0.5, 0.6) is 0 Å². The highest BCUT2D eigenvalue weighted by atomic mass is 35.5. The van der Waals surface area contributed by atoms with Crippen LogP contribution in [0, 0.1) is 0 Å². The molecule has 9 N–H and O–H groups in total. The van der Waals surface area contributed by atoms with Gasteiger partial charge in [0, 0.05) is 50.3 Å². The number of rotatable bonds is 14. The highest BCUT2D eigenvalue weighted by Crippen LogP contribution is 2.27. The van der Waals surface area contributed by atoms with E-state index in [0.717, 1.165) is 73.9 Å². The topological polar surface area (TPSA) is 201 Å². The van der Waals surface area contributed by atoms with E-state index in [2.05, 4.69) is 134 Å². The normalized spacial score (nSPS) is 17.7. The van der Waals surface area contributed by atoms with Crippen molar-refractivity contribution in [3.63, 3.8) is 0 Å². The Morgan fingerprint density at radius 3 is 1.38 bits per heavy atom. The SMILES string of the molecule is C=CCn1cnc2c(NCc3ccc(-c4ccccc4)cc3)nc(Cl)nc21.C=CCn1cnc2c(NCc3ccc(-c4ccccc4)cc3)nc(NC3CCC(N)CC3)nc21.NC1CCC(N)CC1. The van der Waals surface area contributed by atoms with Crippen molar-refractivity contribution in [2.24, 2.45) is 17.2 Å². The van der Waals surface area contributed by atoms with Gasteiger partial charge in [-0.3, -0.25) is 0 Å². The maximum absolute atomic E-state index is 6.09. The fraction of sp³-hybridized carbons (Fsp3) is 0.296. The summed E-state index contributed by atoms with van der Waals surface area (Å²) in [7, 11) is 0. The molecule has 2 fully saturated rings. The molecule has 4 heterocycles. The van der Waals surface area contributed by atoms with Crippen molar-refractivity contribution in [3.8, 4) is 22.3 Å². The third kappa shape index (κ3) is 13.2. The lowest BCUT2D eigenvalue weighted by Gasteiger charge is -2.26. The Bertz CT molecular complexity index is 2860. The first kappa shape index (κ1) is 48.5. The molecule has 356 valence electrons. The first-order chi connectivity index (χ1) is 33.7. The summed E-state index contributed by atoms with van der Waals surface area (Å²) in [6.45, 7) is 10.1. The highest BCUT2D eigenvalue weighted by molar-refractivity contribution is 6.28. The predicted molar refractivity (Wildman–Crippen MR) is 283 cm³/mol. The molecule has 15 heteroatoms. The Morgan fingerprint density at radius 1 is 0.522 bits per heavy atom. The second kappa shape index (κ2) is 23.8. The molecule has 0 amide bonds. The van der Waals surface area contributed by atoms with Crippen molar-refractivity contribution in [1.29, 1.82) is 0 Å². The third-order valence-corrected chi connectivity index (χ3v) is 12.7. The molecule has 8 aromatic rings. The Balaban J connectivity index is 0.000000163. The van der Waals surface area contributed by atoms with Gasteiger partial charge >= 0.3 is 0 Å². The molecule has 10 rings (SSSR count). The number of imidazole rings is 2. The number of hydrogen-bond acceptors (Lipinski definition) is 12. The minimum atomic E-state index is 0.190. The van der Waals surface area contributed by atoms with Crippen molar-refractivity contribution < 1.29 is 0 Å². The summed E-state index contributed by atoms with van der Waals surface area (Å²) >= 11 is 6.09. The molecule has 4 aromatic heterocycles. The average Bonchev–Trinajstić information content (AvgIpc) is 3.99. The predicted octanol–water partition coefficient (Wildman–Crippen LogP) is 10.1. The summed E-state index contributed by atoms with van der Waals surface area (Å²) in [5.41, 5.74) is 27.4. The van der Waals surface area contributed by atoms with Crippen LogP contribution in [0.4, 0.5) is 17.6 Å². The molecule has 2 saturated carbocycles. The minimum Gasteiger partial charge on any atom is -0.364 e. The summed E-state index contributed by atoms with van der Waals surface area (Å²) in [5, 5.41) is 10.5. The smallest absolute Gasteiger partial charge is 0.227 e. The van der Waals surface area contributed by atoms with Crippen LogP contribution in [0.1, 0.15) is 62.5 Å². The number of allylic oxidation sites excluding steroid dienone is 2. The largest absolute Gasteiger partial charge is 0.364 e. The van der Waals surface area contributed by atoms with Gasteiger partial charge < -0.3 is 42.3 Å². The van der Waals surface area contributed by atoms with E-state index in [0.29, 0.717) is 73.3 Å². The number of nitrogens with two attached hydrogens (primary N) is 3. The van der Waals surface area contributed by atoms with Crippen molar-refractivity contribution in [1.82, 2.24) is 39.0 Å². The van der Waals surface area contributed by atoms with Crippen molar-refractivity contribution in [3.05, 3.63) is 164 Å². The number of nitrogens with one attached hydrogen (secondary N) is 3. The van der Waals surface area contributed by atoms with Gasteiger partial charge in [-0.25, -0.2) is 9.97 Å². The Kier molecular flexibility index (Phi) is 16.8. The maximum Gasteiger partial charge on any atom is 0.227 e. The second-order valence-electron chi connectivity index (χ2n) is 17.7. The van der Waals surface area contributed by atoms with E-state index >= 15 is 0 Å². The number of hydrogen-bond donors (Lipinski definition) is 6. The van der Waals surface area contributed by atoms with E-state index in [1.54, 1.807) is 18.7 Å². The van der Waals surface area contributed by atoms with Crippen LogP contribution in [0.2, 0.25) is 5.28 Å². The van der Waals surface area contributed by atoms with Crippen LogP contribution < -0.4 is 33.2 Å². The standard InChI is InChI=1S/C27H31N7.C21H18ClN5.C6H14N2/c1-2-16-34-18-30-24-25(32-27(33-26(24)34)31-23-14-12-22(28)13-15-23)29-17-19-8-10-21(11-9-19)20-6-4-3-5-7-20;1-2-12-27-14-24-18-19(25-21(22)26-20(18)27)23-13-15-8-10-17(11-9-15)16-6-4-3-5-7-16;7-5-1-2-6(8)4-3-5/h2-11,18,22-23H,1,12-17,28H2,(H2,29,31,32,33);2-11,14H,1,12-13H2,(H,23,25,26);5-6H,1-4,7-8H2. The Morgan fingerprint density at radius 2 is 0.928 bits per heavy atom. The second-order valence-corrected chi connectivity index (χ2v) is 18.1. The fourth-order valence-corrected chi connectivity index (χ4v) is 8.74. The molecule has 2 aliphatic carbocycles. The van der Waals surface area contributed by atoms with Crippen molar-refractivity contribution in [2.75, 3.05) is 16.0 Å². The molecule has 0 spiro atoms. The van der Waals surface area contributed by atoms with E-state index in [1.165, 1.54) is 27.8 Å². The van der Waals surface area contributed by atoms with Crippen molar-refractivity contribution in [2.45, 2.75) is 102 Å². The summed E-state index contributed by atoms with van der Waals surface area (Å²) < 4.78 is 3.88.